The highest BCUT2D eigenvalue weighted by Gasteiger charge is 2.10. The summed E-state index contributed by atoms with van der Waals surface area (Å²) in [5.41, 5.74) is 0.267. The van der Waals surface area contributed by atoms with Gasteiger partial charge in [-0.1, -0.05) is 0 Å². The first kappa shape index (κ1) is 13.9. The average Bonchev–Trinajstić information content (AvgIpc) is 2.38. The number of nitrogens with zero attached hydrogens (tertiary/aromatic N) is 2. The molecule has 1 aromatic carbocycles. The van der Waals surface area contributed by atoms with Gasteiger partial charge >= 0.3 is 6.09 Å². The molecule has 1 heterocycles. The van der Waals surface area contributed by atoms with E-state index in [-0.39, 0.29) is 5.43 Å². The van der Waals surface area contributed by atoms with Gasteiger partial charge < -0.3 is 19.0 Å². The molecule has 0 saturated heterocycles. The van der Waals surface area contributed by atoms with E-state index in [1.54, 1.807) is 45.2 Å². The van der Waals surface area contributed by atoms with Crippen LogP contribution in [0.1, 0.15) is 0 Å². The molecule has 0 saturated carbocycles. The zero-order chi connectivity index (χ0) is 14.9. The molecule has 0 N–H and O–H groups in total. The smallest absolute Gasteiger partial charge is 0.414 e. The number of rotatable bonds is 2. The standard InChI is InChI=1S/C14H16N2O4/c1-15(2)13-8-11(17)10-7-9(5-6-12(10)20-13)19-14(18)16(3)4/h5-8H,1-4H3. The van der Waals surface area contributed by atoms with Gasteiger partial charge in [-0.3, -0.25) is 4.79 Å². The number of hydrogen-bond acceptors (Lipinski definition) is 5. The Morgan fingerprint density at radius 3 is 2.45 bits per heavy atom. The zero-order valence-electron chi connectivity index (χ0n) is 11.8. The predicted molar refractivity (Wildman–Crippen MR) is 76.5 cm³/mol. The summed E-state index contributed by atoms with van der Waals surface area (Å²) in [5.74, 6) is 0.779. The lowest BCUT2D eigenvalue weighted by Gasteiger charge is -2.12. The molecule has 0 radical (unpaired) electrons. The molecule has 0 aliphatic heterocycles. The van der Waals surface area contributed by atoms with Crippen molar-refractivity contribution in [1.82, 2.24) is 4.90 Å². The van der Waals surface area contributed by atoms with Crippen molar-refractivity contribution in [2.45, 2.75) is 0 Å². The molecular formula is C14H16N2O4. The number of anilines is 1. The number of carbonyl (C=O) groups is 1. The summed E-state index contributed by atoms with van der Waals surface area (Å²) in [6, 6.07) is 6.11. The maximum Gasteiger partial charge on any atom is 0.414 e. The minimum absolute atomic E-state index is 0.183. The van der Waals surface area contributed by atoms with Crippen LogP contribution in [0.25, 0.3) is 11.0 Å². The van der Waals surface area contributed by atoms with Crippen LogP contribution in [0.2, 0.25) is 0 Å². The second-order valence-electron chi connectivity index (χ2n) is 4.76. The van der Waals surface area contributed by atoms with Crippen molar-refractivity contribution in [1.29, 1.82) is 0 Å². The molecule has 0 spiro atoms. The molecule has 2 rings (SSSR count). The van der Waals surface area contributed by atoms with E-state index < -0.39 is 6.09 Å². The molecule has 0 atom stereocenters. The summed E-state index contributed by atoms with van der Waals surface area (Å²) in [4.78, 5) is 26.5. The van der Waals surface area contributed by atoms with Crippen molar-refractivity contribution in [2.24, 2.45) is 0 Å². The van der Waals surface area contributed by atoms with E-state index in [2.05, 4.69) is 0 Å². The molecule has 0 fully saturated rings. The number of benzene rings is 1. The van der Waals surface area contributed by atoms with Gasteiger partial charge in [-0.2, -0.15) is 0 Å². The van der Waals surface area contributed by atoms with E-state index in [0.29, 0.717) is 22.6 Å². The fraction of sp³-hybridized carbons (Fsp3) is 0.286. The largest absolute Gasteiger partial charge is 0.440 e. The SMILES string of the molecule is CN(C)C(=O)Oc1ccc2oc(N(C)C)cc(=O)c2c1. The Morgan fingerprint density at radius 1 is 1.15 bits per heavy atom. The van der Waals surface area contributed by atoms with Crippen molar-refractivity contribution < 1.29 is 13.9 Å². The Hall–Kier alpha value is -2.50. The molecule has 1 amide bonds. The van der Waals surface area contributed by atoms with Gasteiger partial charge in [-0.15, -0.1) is 0 Å². The number of fused-ring (bicyclic) bond motifs is 1. The summed E-state index contributed by atoms with van der Waals surface area (Å²) in [6.45, 7) is 0. The molecule has 0 aliphatic rings. The minimum atomic E-state index is -0.501. The topological polar surface area (TPSA) is 63.0 Å². The third kappa shape index (κ3) is 2.74. The average molecular weight is 276 g/mol. The van der Waals surface area contributed by atoms with Crippen LogP contribution in [0.3, 0.4) is 0 Å². The maximum atomic E-state index is 12.0. The number of hydrogen-bond donors (Lipinski definition) is 0. The van der Waals surface area contributed by atoms with Crippen molar-refractivity contribution in [3.63, 3.8) is 0 Å². The van der Waals surface area contributed by atoms with E-state index in [9.17, 15) is 9.59 Å². The van der Waals surface area contributed by atoms with Crippen molar-refractivity contribution >= 4 is 22.9 Å². The van der Waals surface area contributed by atoms with Gasteiger partial charge in [0.15, 0.2) is 11.3 Å². The first-order valence-corrected chi connectivity index (χ1v) is 6.03. The van der Waals surface area contributed by atoms with Gasteiger partial charge in [-0.25, -0.2) is 4.79 Å². The molecule has 6 heteroatoms. The van der Waals surface area contributed by atoms with Crippen molar-refractivity contribution in [3.05, 3.63) is 34.5 Å². The van der Waals surface area contributed by atoms with Gasteiger partial charge in [0, 0.05) is 34.3 Å². The molecule has 0 bridgehead atoms. The first-order valence-electron chi connectivity index (χ1n) is 6.03. The van der Waals surface area contributed by atoms with Crippen molar-refractivity contribution in [2.75, 3.05) is 33.1 Å². The Morgan fingerprint density at radius 2 is 1.85 bits per heavy atom. The summed E-state index contributed by atoms with van der Waals surface area (Å²) >= 11 is 0. The lowest BCUT2D eigenvalue weighted by atomic mass is 10.2. The lowest BCUT2D eigenvalue weighted by Crippen LogP contribution is -2.25. The van der Waals surface area contributed by atoms with Crippen LogP contribution in [0.5, 0.6) is 5.75 Å². The van der Waals surface area contributed by atoms with Crippen LogP contribution in [-0.2, 0) is 0 Å². The van der Waals surface area contributed by atoms with E-state index in [0.717, 1.165) is 0 Å². The Labute approximate surface area is 116 Å². The molecule has 2 aromatic rings. The van der Waals surface area contributed by atoms with Gasteiger partial charge in [-0.05, 0) is 18.2 Å². The quantitative estimate of drug-likeness (QED) is 0.838. The predicted octanol–water partition coefficient (Wildman–Crippen LogP) is 1.92. The maximum absolute atomic E-state index is 12.0. The number of ether oxygens (including phenoxy) is 1. The monoisotopic (exact) mass is 276 g/mol. The Balaban J connectivity index is 2.45. The van der Waals surface area contributed by atoms with Crippen LogP contribution in [0.15, 0.2) is 33.5 Å². The summed E-state index contributed by atoms with van der Waals surface area (Å²) < 4.78 is 10.7. The molecule has 6 nitrogen and oxygen atoms in total. The molecule has 1 aromatic heterocycles. The second kappa shape index (κ2) is 5.24. The molecule has 0 unspecified atom stereocenters. The zero-order valence-corrected chi connectivity index (χ0v) is 11.8. The highest BCUT2D eigenvalue weighted by Crippen LogP contribution is 2.22. The molecular weight excluding hydrogens is 260 g/mol. The fourth-order valence-corrected chi connectivity index (χ4v) is 1.60. The van der Waals surface area contributed by atoms with Gasteiger partial charge in [0.2, 0.25) is 0 Å². The lowest BCUT2D eigenvalue weighted by molar-refractivity contribution is 0.172. The van der Waals surface area contributed by atoms with E-state index in [1.165, 1.54) is 17.0 Å². The van der Waals surface area contributed by atoms with E-state index in [4.69, 9.17) is 9.15 Å². The molecule has 0 aliphatic carbocycles. The third-order valence-corrected chi connectivity index (χ3v) is 2.70. The minimum Gasteiger partial charge on any atom is -0.440 e. The van der Waals surface area contributed by atoms with Crippen LogP contribution < -0.4 is 15.1 Å². The van der Waals surface area contributed by atoms with Crippen LogP contribution in [0, 0.1) is 0 Å². The van der Waals surface area contributed by atoms with Gasteiger partial charge in [0.05, 0.1) is 5.39 Å². The van der Waals surface area contributed by atoms with Crippen LogP contribution in [0.4, 0.5) is 10.7 Å². The van der Waals surface area contributed by atoms with E-state index >= 15 is 0 Å². The number of amides is 1. The summed E-state index contributed by atoms with van der Waals surface area (Å²) in [5, 5.41) is 0.375. The second-order valence-corrected chi connectivity index (χ2v) is 4.76. The Bertz CT molecular complexity index is 704. The normalized spacial score (nSPS) is 10.4. The fourth-order valence-electron chi connectivity index (χ4n) is 1.60. The van der Waals surface area contributed by atoms with Gasteiger partial charge in [0.1, 0.15) is 11.3 Å². The molecule has 20 heavy (non-hydrogen) atoms. The molecule has 106 valence electrons. The summed E-state index contributed by atoms with van der Waals surface area (Å²) in [7, 11) is 6.75. The third-order valence-electron chi connectivity index (χ3n) is 2.70. The van der Waals surface area contributed by atoms with Crippen molar-refractivity contribution in [3.8, 4) is 5.75 Å². The van der Waals surface area contributed by atoms with Crippen LogP contribution in [-0.4, -0.2) is 39.2 Å². The van der Waals surface area contributed by atoms with E-state index in [1.807, 2.05) is 0 Å². The highest BCUT2D eigenvalue weighted by atomic mass is 16.6. The summed E-state index contributed by atoms with van der Waals surface area (Å²) in [6.07, 6.45) is -0.501. The Kier molecular flexibility index (Phi) is 3.65. The highest BCUT2D eigenvalue weighted by molar-refractivity contribution is 5.80. The first-order chi connectivity index (χ1) is 9.38. The van der Waals surface area contributed by atoms with Crippen LogP contribution >= 0.6 is 0 Å². The number of carbonyl (C=O) groups excluding carboxylic acids is 1. The van der Waals surface area contributed by atoms with Gasteiger partial charge in [0.25, 0.3) is 0 Å².